The normalized spacial score (nSPS) is 45.5. The number of rotatable bonds is 25. The summed E-state index contributed by atoms with van der Waals surface area (Å²) in [4.78, 5) is 38.0. The van der Waals surface area contributed by atoms with Crippen molar-refractivity contribution in [1.82, 2.24) is 16.0 Å². The van der Waals surface area contributed by atoms with E-state index in [9.17, 15) is 117 Å². The van der Waals surface area contributed by atoms with Crippen molar-refractivity contribution in [2.45, 2.75) is 236 Å². The van der Waals surface area contributed by atoms with Crippen LogP contribution in [0.15, 0.2) is 0 Å². The van der Waals surface area contributed by atoms with Crippen LogP contribution in [0.2, 0.25) is 0 Å². The molecule has 6 rings (SSSR count). The highest BCUT2D eigenvalue weighted by molar-refractivity contribution is 5.74. The van der Waals surface area contributed by atoms with Crippen LogP contribution in [-0.2, 0) is 71.2 Å². The highest BCUT2D eigenvalue weighted by Crippen LogP contribution is 2.37. The minimum atomic E-state index is -2.38. The van der Waals surface area contributed by atoms with E-state index in [1.807, 2.05) is 0 Å². The molecule has 0 aromatic rings. The van der Waals surface area contributed by atoms with Gasteiger partial charge in [0, 0.05) is 20.8 Å². The molecule has 3 amide bonds. The van der Waals surface area contributed by atoms with Gasteiger partial charge in [-0.1, -0.05) is 0 Å². The van der Waals surface area contributed by atoms with Crippen molar-refractivity contribution in [2.75, 3.05) is 46.2 Å². The summed E-state index contributed by atoms with van der Waals surface area (Å²) in [5.41, 5.74) is 0. The molecule has 38 nitrogen and oxygen atoms in total. The standard InChI is InChI=1S/C48H83N3O35/c1-12-25(62)31(68)34(71)45(76-12)85-41-24(51-15(4)60)44(81-22(10-57)40(41)84-47-36(73)33(70)28(65)19(7-54)78-47)86-42-29(66)20(8-55)79-48(37(42)74)82-38(16(5-52)49-13(2)58)26(63)17(61)11-75-43-23(50-14(3)59)30(67)39(21(9-56)80-43)83-46-35(72)32(69)27(64)18(6-53)77-46/h12,16-48,52-57,61-74H,5-11H2,1-4H3,(H,49,58)(H,50,59)(H,51,60)/t12-,16-,17+,18+,19+,20+,21+,22+,23+,24+,25+,26-,27-,28-,29-,30+,31+,32-,33-,34-,35+,36+,37+,38+,39+,40+,41+,42-,43+,44-,45-,46-,47-,48-/m0/s1. The molecule has 0 aromatic heterocycles. The van der Waals surface area contributed by atoms with E-state index in [4.69, 9.17) is 56.8 Å². The van der Waals surface area contributed by atoms with Crippen molar-refractivity contribution in [3.8, 4) is 0 Å². The zero-order valence-electron chi connectivity index (χ0n) is 46.6. The number of ether oxygens (including phenoxy) is 12. The summed E-state index contributed by atoms with van der Waals surface area (Å²) in [6.07, 6.45) is -60.3. The average molecular weight is 1260 g/mol. The molecule has 6 aliphatic heterocycles. The molecule has 23 N–H and O–H groups in total. The third-order valence-corrected chi connectivity index (χ3v) is 15.3. The number of aliphatic hydroxyl groups is 20. The maximum Gasteiger partial charge on any atom is 0.217 e. The van der Waals surface area contributed by atoms with Crippen LogP contribution in [0.1, 0.15) is 27.7 Å². The van der Waals surface area contributed by atoms with Crippen LogP contribution in [0.3, 0.4) is 0 Å². The lowest BCUT2D eigenvalue weighted by Crippen LogP contribution is -2.71. The first kappa shape index (κ1) is 72.2. The van der Waals surface area contributed by atoms with E-state index in [0.717, 1.165) is 20.8 Å². The molecule has 34 atom stereocenters. The first-order valence-electron chi connectivity index (χ1n) is 27.4. The molecule has 86 heavy (non-hydrogen) atoms. The van der Waals surface area contributed by atoms with Gasteiger partial charge in [0.05, 0.1) is 58.4 Å². The maximum absolute atomic E-state index is 13.1. The van der Waals surface area contributed by atoms with Gasteiger partial charge in [-0.2, -0.15) is 0 Å². The molecule has 6 aliphatic rings. The molecule has 6 heterocycles. The van der Waals surface area contributed by atoms with E-state index in [2.05, 4.69) is 16.0 Å². The van der Waals surface area contributed by atoms with Crippen LogP contribution in [0.5, 0.6) is 0 Å². The zero-order chi connectivity index (χ0) is 63.9. The molecule has 0 spiro atoms. The molecule has 500 valence electrons. The molecule has 0 radical (unpaired) electrons. The Morgan fingerprint density at radius 2 is 0.837 bits per heavy atom. The minimum absolute atomic E-state index is 0.826. The van der Waals surface area contributed by atoms with E-state index in [-0.39, 0.29) is 0 Å². The lowest BCUT2D eigenvalue weighted by atomic mass is 9.93. The first-order chi connectivity index (χ1) is 40.6. The topological polar surface area (TPSA) is 603 Å². The fourth-order valence-corrected chi connectivity index (χ4v) is 10.6. The number of carbonyl (C=O) groups excluding carboxylic acids is 3. The summed E-state index contributed by atoms with van der Waals surface area (Å²) in [5, 5.41) is 223. The molecule has 0 bridgehead atoms. The van der Waals surface area contributed by atoms with Gasteiger partial charge in [-0.25, -0.2) is 0 Å². The number of amides is 3. The van der Waals surface area contributed by atoms with Crippen molar-refractivity contribution in [2.24, 2.45) is 0 Å². The Labute approximate surface area is 488 Å². The molecule has 0 aliphatic carbocycles. The quantitative estimate of drug-likeness (QED) is 0.0404. The number of carbonyl (C=O) groups is 3. The van der Waals surface area contributed by atoms with Gasteiger partial charge in [-0.05, 0) is 6.92 Å². The molecule has 6 saturated heterocycles. The summed E-state index contributed by atoms with van der Waals surface area (Å²) in [7, 11) is 0. The highest BCUT2D eigenvalue weighted by Gasteiger charge is 2.58. The third-order valence-electron chi connectivity index (χ3n) is 15.3. The van der Waals surface area contributed by atoms with E-state index < -0.39 is 272 Å². The number of nitrogens with one attached hydrogen (secondary N) is 3. The van der Waals surface area contributed by atoms with Crippen molar-refractivity contribution in [1.29, 1.82) is 0 Å². The highest BCUT2D eigenvalue weighted by atomic mass is 16.8. The van der Waals surface area contributed by atoms with Gasteiger partial charge in [0.15, 0.2) is 37.7 Å². The summed E-state index contributed by atoms with van der Waals surface area (Å²) >= 11 is 0. The Kier molecular flexibility index (Phi) is 26.8. The fraction of sp³-hybridized carbons (Fsp3) is 0.938. The summed E-state index contributed by atoms with van der Waals surface area (Å²) in [6.45, 7) is -3.01. The van der Waals surface area contributed by atoms with Gasteiger partial charge >= 0.3 is 0 Å². The largest absolute Gasteiger partial charge is 0.394 e. The Morgan fingerprint density at radius 1 is 0.419 bits per heavy atom. The molecular formula is C48H83N3O35. The van der Waals surface area contributed by atoms with E-state index >= 15 is 0 Å². The minimum Gasteiger partial charge on any atom is -0.394 e. The average Bonchev–Trinajstić information content (AvgIpc) is 1.06. The van der Waals surface area contributed by atoms with Crippen molar-refractivity contribution < 1.29 is 173 Å². The van der Waals surface area contributed by atoms with Crippen LogP contribution in [0, 0.1) is 0 Å². The van der Waals surface area contributed by atoms with Crippen LogP contribution in [0.4, 0.5) is 0 Å². The second-order valence-corrected chi connectivity index (χ2v) is 21.6. The third kappa shape index (κ3) is 16.4. The van der Waals surface area contributed by atoms with Crippen molar-refractivity contribution >= 4 is 17.7 Å². The monoisotopic (exact) mass is 1260 g/mol. The SMILES string of the molecule is CC(=O)N[C@H]1[C@H](OC[C@@H](O)[C@H](O)[C@H](O[C@@H]2O[C@H](CO)[C@H](O)[C@H](O[C@@H]3O[C@H](CO)[C@@H](O[C@@H]4O[C@H](CO)[C@H](O)[C@H](O)[C@H]4O)[C@H](O[C@@H]4O[C@@H](C)[C@@H](O)[C@@H](O)[C@@H]4O)[C@H]3NC(C)=O)[C@H]2O)[C@H](CO)NC(C)=O)O[C@H](CO)[C@@H](O[C@@H]2O[C@H](CO)[C@H](O)[C@H](O)[C@H]2O)[C@@H]1O. The van der Waals surface area contributed by atoms with Crippen LogP contribution < -0.4 is 16.0 Å². The van der Waals surface area contributed by atoms with Gasteiger partial charge in [0.1, 0.15) is 159 Å². The molecule has 0 unspecified atom stereocenters. The number of hydrogen-bond acceptors (Lipinski definition) is 35. The Morgan fingerprint density at radius 3 is 1.34 bits per heavy atom. The van der Waals surface area contributed by atoms with Crippen LogP contribution in [-0.4, -0.2) is 375 Å². The summed E-state index contributed by atoms with van der Waals surface area (Å²) < 4.78 is 69.7. The number of aliphatic hydroxyl groups excluding tert-OH is 20. The predicted molar refractivity (Wildman–Crippen MR) is 267 cm³/mol. The summed E-state index contributed by atoms with van der Waals surface area (Å²) in [5.74, 6) is -2.63. The lowest BCUT2D eigenvalue weighted by Gasteiger charge is -2.51. The van der Waals surface area contributed by atoms with Gasteiger partial charge in [0.25, 0.3) is 0 Å². The molecule has 38 heteroatoms. The van der Waals surface area contributed by atoms with Crippen molar-refractivity contribution in [3.63, 3.8) is 0 Å². The molecule has 0 aromatic carbocycles. The smallest absolute Gasteiger partial charge is 0.217 e. The maximum atomic E-state index is 13.1. The molecule has 6 fully saturated rings. The Balaban J connectivity index is 1.27. The second-order valence-electron chi connectivity index (χ2n) is 21.6. The summed E-state index contributed by atoms with van der Waals surface area (Å²) in [6, 6.07) is -5.34. The van der Waals surface area contributed by atoms with Crippen LogP contribution >= 0.6 is 0 Å². The first-order valence-corrected chi connectivity index (χ1v) is 27.4. The Bertz CT molecular complexity index is 2110. The predicted octanol–water partition coefficient (Wildman–Crippen LogP) is -15.2. The lowest BCUT2D eigenvalue weighted by molar-refractivity contribution is -0.387. The second kappa shape index (κ2) is 31.9. The number of hydrogen-bond donors (Lipinski definition) is 23. The fourth-order valence-electron chi connectivity index (χ4n) is 10.6. The van der Waals surface area contributed by atoms with E-state index in [0.29, 0.717) is 0 Å². The zero-order valence-corrected chi connectivity index (χ0v) is 46.6. The van der Waals surface area contributed by atoms with Gasteiger partial charge < -0.3 is 175 Å². The molecular weight excluding hydrogens is 1180 g/mol. The van der Waals surface area contributed by atoms with Crippen molar-refractivity contribution in [3.05, 3.63) is 0 Å². The van der Waals surface area contributed by atoms with Crippen LogP contribution in [0.25, 0.3) is 0 Å². The van der Waals surface area contributed by atoms with Gasteiger partial charge in [-0.3, -0.25) is 14.4 Å². The van der Waals surface area contributed by atoms with Gasteiger partial charge in [0.2, 0.25) is 17.7 Å². The van der Waals surface area contributed by atoms with Gasteiger partial charge in [-0.15, -0.1) is 0 Å². The molecule has 0 saturated carbocycles. The van der Waals surface area contributed by atoms with E-state index in [1.165, 1.54) is 6.92 Å². The Hall–Kier alpha value is -2.87. The van der Waals surface area contributed by atoms with E-state index in [1.54, 1.807) is 0 Å².